The van der Waals surface area contributed by atoms with E-state index in [9.17, 15) is 9.90 Å². The summed E-state index contributed by atoms with van der Waals surface area (Å²) in [4.78, 5) is 11.7. The van der Waals surface area contributed by atoms with Crippen molar-refractivity contribution in [3.05, 3.63) is 37.0 Å². The summed E-state index contributed by atoms with van der Waals surface area (Å²) in [7, 11) is 0. The van der Waals surface area contributed by atoms with Gasteiger partial charge in [0.05, 0.1) is 12.0 Å². The molecule has 3 nitrogen and oxygen atoms in total. The minimum atomic E-state index is -0.618. The first-order chi connectivity index (χ1) is 8.31. The van der Waals surface area contributed by atoms with Crippen LogP contribution in [0.15, 0.2) is 37.0 Å². The normalized spacial score (nSPS) is 43.3. The van der Waals surface area contributed by atoms with E-state index in [1.165, 1.54) is 0 Å². The van der Waals surface area contributed by atoms with Gasteiger partial charge in [0.15, 0.2) is 0 Å². The van der Waals surface area contributed by atoms with Gasteiger partial charge in [-0.05, 0) is 18.8 Å². The third kappa shape index (κ3) is 1.65. The van der Waals surface area contributed by atoms with Gasteiger partial charge in [-0.15, -0.1) is 6.58 Å². The predicted molar refractivity (Wildman–Crippen MR) is 69.7 cm³/mol. The molecular formula is C15H20O3. The molecule has 2 fully saturated rings. The second-order valence-corrected chi connectivity index (χ2v) is 5.73. The van der Waals surface area contributed by atoms with Crippen LogP contribution < -0.4 is 0 Å². The van der Waals surface area contributed by atoms with Crippen molar-refractivity contribution in [2.75, 3.05) is 0 Å². The molecule has 3 heteroatoms. The summed E-state index contributed by atoms with van der Waals surface area (Å²) < 4.78 is 5.41. The molecule has 1 saturated heterocycles. The largest absolute Gasteiger partial charge is 0.458 e. The first kappa shape index (κ1) is 13.1. The lowest BCUT2D eigenvalue weighted by molar-refractivity contribution is -0.145. The van der Waals surface area contributed by atoms with Crippen LogP contribution in [0.25, 0.3) is 0 Å². The standard InChI is InChI=1S/C15H20O3/c1-6-15(5)7-10(16)11-9(4)14(17)18-13(11)12(15)8(2)3/h6,10-13,16H,1-2,4,7H2,3,5H3/t10?,11-,12?,13-,15?/m0/s1. The average molecular weight is 248 g/mol. The van der Waals surface area contributed by atoms with Crippen molar-refractivity contribution in [2.45, 2.75) is 32.5 Å². The van der Waals surface area contributed by atoms with Gasteiger partial charge in [0.1, 0.15) is 6.10 Å². The molecule has 0 aromatic carbocycles. The summed E-state index contributed by atoms with van der Waals surface area (Å²) >= 11 is 0. The minimum absolute atomic E-state index is 0.0217. The zero-order valence-electron chi connectivity index (χ0n) is 11.0. The van der Waals surface area contributed by atoms with Gasteiger partial charge < -0.3 is 9.84 Å². The van der Waals surface area contributed by atoms with Crippen LogP contribution in [-0.2, 0) is 9.53 Å². The Morgan fingerprint density at radius 3 is 2.72 bits per heavy atom. The highest BCUT2D eigenvalue weighted by Gasteiger charge is 2.56. The number of aliphatic hydroxyl groups excluding tert-OH is 1. The topological polar surface area (TPSA) is 46.5 Å². The Labute approximate surface area is 108 Å². The summed E-state index contributed by atoms with van der Waals surface area (Å²) in [5.41, 5.74) is 1.02. The number of allylic oxidation sites excluding steroid dienone is 1. The van der Waals surface area contributed by atoms with E-state index >= 15 is 0 Å². The van der Waals surface area contributed by atoms with Crippen LogP contribution in [0, 0.1) is 17.3 Å². The average Bonchev–Trinajstić information content (AvgIpc) is 2.54. The van der Waals surface area contributed by atoms with Gasteiger partial charge >= 0.3 is 5.97 Å². The monoisotopic (exact) mass is 248 g/mol. The minimum Gasteiger partial charge on any atom is -0.458 e. The van der Waals surface area contributed by atoms with Crippen LogP contribution in [-0.4, -0.2) is 23.3 Å². The van der Waals surface area contributed by atoms with E-state index < -0.39 is 12.1 Å². The second-order valence-electron chi connectivity index (χ2n) is 5.73. The fourth-order valence-corrected chi connectivity index (χ4v) is 3.47. The maximum absolute atomic E-state index is 11.7. The van der Waals surface area contributed by atoms with Crippen molar-refractivity contribution >= 4 is 5.97 Å². The number of fused-ring (bicyclic) bond motifs is 1. The molecule has 1 aliphatic heterocycles. The molecule has 2 aliphatic rings. The first-order valence-electron chi connectivity index (χ1n) is 6.18. The molecule has 5 atom stereocenters. The molecule has 3 unspecified atom stereocenters. The maximum atomic E-state index is 11.7. The van der Waals surface area contributed by atoms with Gasteiger partial charge in [-0.3, -0.25) is 0 Å². The molecule has 1 N–H and O–H groups in total. The van der Waals surface area contributed by atoms with Crippen LogP contribution in [0.3, 0.4) is 0 Å². The molecule has 0 aromatic rings. The van der Waals surface area contributed by atoms with E-state index in [0.29, 0.717) is 12.0 Å². The molecule has 0 aromatic heterocycles. The molecule has 0 spiro atoms. The maximum Gasteiger partial charge on any atom is 0.334 e. The molecule has 1 heterocycles. The van der Waals surface area contributed by atoms with E-state index in [-0.39, 0.29) is 23.4 Å². The fourth-order valence-electron chi connectivity index (χ4n) is 3.47. The molecule has 0 radical (unpaired) electrons. The molecular weight excluding hydrogens is 228 g/mol. The van der Waals surface area contributed by atoms with Crippen LogP contribution in [0.5, 0.6) is 0 Å². The lowest BCUT2D eigenvalue weighted by atomic mass is 9.59. The summed E-state index contributed by atoms with van der Waals surface area (Å²) in [6, 6.07) is 0. The predicted octanol–water partition coefficient (Wildman–Crippen LogP) is 2.23. The Kier molecular flexibility index (Phi) is 2.98. The van der Waals surface area contributed by atoms with Crippen LogP contribution in [0.2, 0.25) is 0 Å². The van der Waals surface area contributed by atoms with Crippen molar-refractivity contribution < 1.29 is 14.6 Å². The van der Waals surface area contributed by atoms with Crippen molar-refractivity contribution in [3.63, 3.8) is 0 Å². The number of carbonyl (C=O) groups is 1. The second kappa shape index (κ2) is 4.09. The smallest absolute Gasteiger partial charge is 0.334 e. The summed E-state index contributed by atoms with van der Waals surface area (Å²) in [6.45, 7) is 15.6. The molecule has 1 aliphatic carbocycles. The molecule has 0 bridgehead atoms. The number of ether oxygens (including phenoxy) is 1. The van der Waals surface area contributed by atoms with E-state index in [0.717, 1.165) is 5.57 Å². The number of hydrogen-bond acceptors (Lipinski definition) is 3. The third-order valence-corrected chi connectivity index (χ3v) is 4.36. The third-order valence-electron chi connectivity index (χ3n) is 4.36. The molecule has 2 rings (SSSR count). The highest BCUT2D eigenvalue weighted by molar-refractivity contribution is 5.91. The lowest BCUT2D eigenvalue weighted by Gasteiger charge is -2.47. The van der Waals surface area contributed by atoms with E-state index in [2.05, 4.69) is 19.7 Å². The zero-order chi connectivity index (χ0) is 13.7. The number of hydrogen-bond donors (Lipinski definition) is 1. The van der Waals surface area contributed by atoms with E-state index in [1.54, 1.807) is 0 Å². The Morgan fingerprint density at radius 2 is 2.22 bits per heavy atom. The molecule has 98 valence electrons. The Balaban J connectivity index is 2.47. The fraction of sp³-hybridized carbons (Fsp3) is 0.533. The van der Waals surface area contributed by atoms with Crippen molar-refractivity contribution in [3.8, 4) is 0 Å². The molecule has 0 amide bonds. The van der Waals surface area contributed by atoms with Gasteiger partial charge in [0.25, 0.3) is 0 Å². The molecule has 1 saturated carbocycles. The van der Waals surface area contributed by atoms with Crippen LogP contribution in [0.1, 0.15) is 20.3 Å². The van der Waals surface area contributed by atoms with Crippen molar-refractivity contribution in [1.29, 1.82) is 0 Å². The Hall–Kier alpha value is -1.35. The van der Waals surface area contributed by atoms with E-state index in [4.69, 9.17) is 4.74 Å². The Morgan fingerprint density at radius 1 is 1.61 bits per heavy atom. The van der Waals surface area contributed by atoms with Crippen molar-refractivity contribution in [1.82, 2.24) is 0 Å². The quantitative estimate of drug-likeness (QED) is 0.463. The van der Waals surface area contributed by atoms with Gasteiger partial charge in [-0.2, -0.15) is 0 Å². The van der Waals surface area contributed by atoms with Gasteiger partial charge in [0.2, 0.25) is 0 Å². The number of rotatable bonds is 2. The highest BCUT2D eigenvalue weighted by Crippen LogP contribution is 2.52. The number of carbonyl (C=O) groups excluding carboxylic acids is 1. The summed E-state index contributed by atoms with van der Waals surface area (Å²) in [5.74, 6) is -0.734. The summed E-state index contributed by atoms with van der Waals surface area (Å²) in [6.07, 6.45) is 1.40. The highest BCUT2D eigenvalue weighted by atomic mass is 16.6. The molecule has 18 heavy (non-hydrogen) atoms. The van der Waals surface area contributed by atoms with E-state index in [1.807, 2.05) is 19.9 Å². The van der Waals surface area contributed by atoms with Crippen LogP contribution >= 0.6 is 0 Å². The lowest BCUT2D eigenvalue weighted by Crippen LogP contribution is -2.49. The van der Waals surface area contributed by atoms with Gasteiger partial charge in [-0.1, -0.05) is 31.7 Å². The zero-order valence-corrected chi connectivity index (χ0v) is 11.0. The Bertz CT molecular complexity index is 437. The first-order valence-corrected chi connectivity index (χ1v) is 6.18. The van der Waals surface area contributed by atoms with Gasteiger partial charge in [0, 0.05) is 11.5 Å². The number of aliphatic hydroxyl groups is 1. The van der Waals surface area contributed by atoms with Crippen LogP contribution in [0.4, 0.5) is 0 Å². The van der Waals surface area contributed by atoms with Crippen molar-refractivity contribution in [2.24, 2.45) is 17.3 Å². The number of esters is 1. The summed E-state index contributed by atoms with van der Waals surface area (Å²) in [5, 5.41) is 10.3. The SMILES string of the molecule is C=CC1(C)CC(O)[C@@H]2C(=C)C(=O)O[C@@H]2C1C(=C)C. The van der Waals surface area contributed by atoms with Gasteiger partial charge in [-0.25, -0.2) is 4.79 Å².